The monoisotopic (exact) mass is 186 g/mol. The highest BCUT2D eigenvalue weighted by molar-refractivity contribution is 5.78. The van der Waals surface area contributed by atoms with Gasteiger partial charge in [-0.3, -0.25) is 4.98 Å². The molecule has 0 unspecified atom stereocenters. The molecule has 0 saturated carbocycles. The molecule has 2 aromatic rings. The van der Waals surface area contributed by atoms with Crippen LogP contribution in [0.5, 0.6) is 0 Å². The Bertz CT molecular complexity index is 466. The lowest BCUT2D eigenvalue weighted by molar-refractivity contribution is 0.320. The summed E-state index contributed by atoms with van der Waals surface area (Å²) < 4.78 is 0. The van der Waals surface area contributed by atoms with Gasteiger partial charge in [0.2, 0.25) is 0 Å². The van der Waals surface area contributed by atoms with E-state index in [1.165, 1.54) is 6.21 Å². The molecule has 1 heterocycles. The van der Waals surface area contributed by atoms with Crippen LogP contribution in [0.2, 0.25) is 0 Å². The fraction of sp³-hybridized carbons (Fsp3) is 0.0909. The summed E-state index contributed by atoms with van der Waals surface area (Å²) in [6, 6.07) is 11.9. The lowest BCUT2D eigenvalue weighted by Gasteiger charge is -1.98. The molecule has 0 fully saturated rings. The molecule has 0 radical (unpaired) electrons. The van der Waals surface area contributed by atoms with E-state index in [-0.39, 0.29) is 0 Å². The van der Waals surface area contributed by atoms with E-state index in [9.17, 15) is 0 Å². The lowest BCUT2D eigenvalue weighted by Crippen LogP contribution is -1.91. The Morgan fingerprint density at radius 2 is 2.07 bits per heavy atom. The van der Waals surface area contributed by atoms with Gasteiger partial charge in [0.05, 0.1) is 5.52 Å². The molecular weight excluding hydrogens is 176 g/mol. The maximum atomic E-state index is 8.28. The van der Waals surface area contributed by atoms with Crippen LogP contribution in [0.4, 0.5) is 0 Å². The summed E-state index contributed by atoms with van der Waals surface area (Å²) in [6.45, 7) is 0. The number of aromatic nitrogens is 1. The number of rotatable bonds is 2. The minimum absolute atomic E-state index is 0.557. The van der Waals surface area contributed by atoms with E-state index >= 15 is 0 Å². The second-order valence-electron chi connectivity index (χ2n) is 3.00. The molecule has 0 amide bonds. The summed E-state index contributed by atoms with van der Waals surface area (Å²) in [5.41, 5.74) is 1.87. The summed E-state index contributed by atoms with van der Waals surface area (Å²) >= 11 is 0. The number of nitrogens with zero attached hydrogens (tertiary/aromatic N) is 2. The molecule has 3 nitrogen and oxygen atoms in total. The van der Waals surface area contributed by atoms with Crippen molar-refractivity contribution >= 4 is 17.1 Å². The van der Waals surface area contributed by atoms with Crippen LogP contribution >= 0.6 is 0 Å². The second-order valence-corrected chi connectivity index (χ2v) is 3.00. The zero-order chi connectivity index (χ0) is 9.80. The van der Waals surface area contributed by atoms with Crippen molar-refractivity contribution in [2.75, 3.05) is 0 Å². The Kier molecular flexibility index (Phi) is 2.40. The number of oxime groups is 1. The molecule has 1 N–H and O–H groups in total. The number of para-hydroxylation sites is 1. The molecule has 0 atom stereocenters. The average Bonchev–Trinajstić information content (AvgIpc) is 2.26. The van der Waals surface area contributed by atoms with Crippen LogP contribution in [0.25, 0.3) is 10.9 Å². The highest BCUT2D eigenvalue weighted by Gasteiger charge is 1.95. The molecule has 2 rings (SSSR count). The number of benzene rings is 1. The maximum absolute atomic E-state index is 8.28. The van der Waals surface area contributed by atoms with Gasteiger partial charge in [-0.2, -0.15) is 0 Å². The minimum Gasteiger partial charge on any atom is -0.411 e. The van der Waals surface area contributed by atoms with Crippen molar-refractivity contribution in [3.05, 3.63) is 42.1 Å². The summed E-state index contributed by atoms with van der Waals surface area (Å²) in [4.78, 5) is 4.41. The summed E-state index contributed by atoms with van der Waals surface area (Å²) in [6.07, 6.45) is 1.98. The SMILES string of the molecule is ON=CCc1ccc2ccccc2n1. The number of hydrogen-bond donors (Lipinski definition) is 1. The Morgan fingerprint density at radius 1 is 1.21 bits per heavy atom. The van der Waals surface area contributed by atoms with Gasteiger partial charge in [-0.1, -0.05) is 24.3 Å². The molecule has 0 aliphatic carbocycles. The number of hydrogen-bond acceptors (Lipinski definition) is 3. The van der Waals surface area contributed by atoms with Gasteiger partial charge in [-0.05, 0) is 12.1 Å². The first-order chi connectivity index (χ1) is 6.90. The number of fused-ring (bicyclic) bond motifs is 1. The third-order valence-electron chi connectivity index (χ3n) is 2.04. The average molecular weight is 186 g/mol. The van der Waals surface area contributed by atoms with Crippen LogP contribution in [0.15, 0.2) is 41.6 Å². The molecule has 0 aliphatic heterocycles. The van der Waals surface area contributed by atoms with Gasteiger partial charge in [0.25, 0.3) is 0 Å². The van der Waals surface area contributed by atoms with E-state index in [2.05, 4.69) is 10.1 Å². The molecule has 3 heteroatoms. The van der Waals surface area contributed by atoms with Gasteiger partial charge >= 0.3 is 0 Å². The highest BCUT2D eigenvalue weighted by atomic mass is 16.4. The zero-order valence-corrected chi connectivity index (χ0v) is 7.59. The first-order valence-corrected chi connectivity index (χ1v) is 4.41. The molecule has 70 valence electrons. The molecule has 0 saturated heterocycles. The van der Waals surface area contributed by atoms with Gasteiger partial charge in [-0.25, -0.2) is 0 Å². The fourth-order valence-corrected chi connectivity index (χ4v) is 1.36. The van der Waals surface area contributed by atoms with Crippen LogP contribution < -0.4 is 0 Å². The van der Waals surface area contributed by atoms with Gasteiger partial charge in [0.1, 0.15) is 0 Å². The molecular formula is C11H10N2O. The van der Waals surface area contributed by atoms with Crippen molar-refractivity contribution in [1.29, 1.82) is 0 Å². The topological polar surface area (TPSA) is 45.5 Å². The fourth-order valence-electron chi connectivity index (χ4n) is 1.36. The van der Waals surface area contributed by atoms with Crippen molar-refractivity contribution in [3.63, 3.8) is 0 Å². The van der Waals surface area contributed by atoms with Crippen molar-refractivity contribution in [1.82, 2.24) is 4.98 Å². The molecule has 1 aromatic heterocycles. The Morgan fingerprint density at radius 3 is 2.93 bits per heavy atom. The summed E-state index contributed by atoms with van der Waals surface area (Å²) in [5.74, 6) is 0. The van der Waals surface area contributed by atoms with E-state index in [0.717, 1.165) is 16.6 Å². The van der Waals surface area contributed by atoms with E-state index < -0.39 is 0 Å². The van der Waals surface area contributed by atoms with Gasteiger partial charge in [0, 0.05) is 23.7 Å². The van der Waals surface area contributed by atoms with E-state index in [1.807, 2.05) is 36.4 Å². The summed E-state index contributed by atoms with van der Waals surface area (Å²) in [7, 11) is 0. The molecule has 14 heavy (non-hydrogen) atoms. The van der Waals surface area contributed by atoms with Crippen molar-refractivity contribution < 1.29 is 5.21 Å². The Labute approximate surface area is 81.7 Å². The standard InChI is InChI=1S/C11H10N2O/c14-12-8-7-10-6-5-9-3-1-2-4-11(9)13-10/h1-6,8,14H,7H2. The zero-order valence-electron chi connectivity index (χ0n) is 7.59. The molecule has 1 aromatic carbocycles. The van der Waals surface area contributed by atoms with E-state index in [0.29, 0.717) is 6.42 Å². The predicted octanol–water partition coefficient (Wildman–Crippen LogP) is 2.24. The first-order valence-electron chi connectivity index (χ1n) is 4.41. The van der Waals surface area contributed by atoms with Crippen LogP contribution in [-0.2, 0) is 6.42 Å². The van der Waals surface area contributed by atoms with E-state index in [1.54, 1.807) is 0 Å². The van der Waals surface area contributed by atoms with Gasteiger partial charge < -0.3 is 5.21 Å². The third kappa shape index (κ3) is 1.71. The van der Waals surface area contributed by atoms with Crippen molar-refractivity contribution in [3.8, 4) is 0 Å². The number of pyridine rings is 1. The lowest BCUT2D eigenvalue weighted by atomic mass is 10.2. The second kappa shape index (κ2) is 3.87. The normalized spacial score (nSPS) is 11.1. The van der Waals surface area contributed by atoms with Crippen LogP contribution in [0.1, 0.15) is 5.69 Å². The molecule has 0 bridgehead atoms. The molecule has 0 aliphatic rings. The van der Waals surface area contributed by atoms with Crippen molar-refractivity contribution in [2.24, 2.45) is 5.16 Å². The smallest absolute Gasteiger partial charge is 0.0705 e. The Balaban J connectivity index is 2.41. The van der Waals surface area contributed by atoms with Crippen molar-refractivity contribution in [2.45, 2.75) is 6.42 Å². The first kappa shape index (κ1) is 8.69. The maximum Gasteiger partial charge on any atom is 0.0705 e. The van der Waals surface area contributed by atoms with Crippen LogP contribution in [-0.4, -0.2) is 16.4 Å². The van der Waals surface area contributed by atoms with Gasteiger partial charge in [0.15, 0.2) is 0 Å². The predicted molar refractivity (Wildman–Crippen MR) is 55.7 cm³/mol. The van der Waals surface area contributed by atoms with E-state index in [4.69, 9.17) is 5.21 Å². The minimum atomic E-state index is 0.557. The van der Waals surface area contributed by atoms with Crippen LogP contribution in [0, 0.1) is 0 Å². The third-order valence-corrected chi connectivity index (χ3v) is 2.04. The quantitative estimate of drug-likeness (QED) is 0.444. The van der Waals surface area contributed by atoms with Gasteiger partial charge in [-0.15, -0.1) is 5.16 Å². The Hall–Kier alpha value is -1.90. The highest BCUT2D eigenvalue weighted by Crippen LogP contribution is 2.11. The summed E-state index contributed by atoms with van der Waals surface area (Å²) in [5, 5.41) is 12.4. The largest absolute Gasteiger partial charge is 0.411 e. The molecule has 0 spiro atoms. The van der Waals surface area contributed by atoms with Crippen LogP contribution in [0.3, 0.4) is 0 Å².